The number of aliphatic hydroxyl groups excluding tert-OH is 1. The minimum absolute atomic E-state index is 0.198. The monoisotopic (exact) mass is 154 g/mol. The predicted octanol–water partition coefficient (Wildman–Crippen LogP) is 2.12. The summed E-state index contributed by atoms with van der Waals surface area (Å²) in [7, 11) is 0. The summed E-state index contributed by atoms with van der Waals surface area (Å²) in [5.41, 5.74) is 1.08. The minimum atomic E-state index is 0.198. The van der Waals surface area contributed by atoms with E-state index in [2.05, 4.69) is 6.07 Å². The molecule has 10 heavy (non-hydrogen) atoms. The van der Waals surface area contributed by atoms with E-state index in [9.17, 15) is 0 Å². The Morgan fingerprint density at radius 1 is 1.60 bits per heavy atom. The molecule has 1 nitrogen and oxygen atoms in total. The zero-order valence-electron chi connectivity index (χ0n) is 5.71. The Bertz CT molecular complexity index is 225. The molecule has 1 aliphatic rings. The van der Waals surface area contributed by atoms with E-state index in [1.54, 1.807) is 11.3 Å². The van der Waals surface area contributed by atoms with Crippen LogP contribution in [0, 0.1) is 0 Å². The Hall–Kier alpha value is -0.340. The average Bonchev–Trinajstić information content (AvgIpc) is 2.70. The summed E-state index contributed by atoms with van der Waals surface area (Å²) in [4.78, 5) is 1.46. The zero-order chi connectivity index (χ0) is 6.97. The van der Waals surface area contributed by atoms with Gasteiger partial charge < -0.3 is 5.11 Å². The topological polar surface area (TPSA) is 20.2 Å². The lowest BCUT2D eigenvalue weighted by atomic mass is 10.3. The maximum Gasteiger partial charge on any atom is 0.0690 e. The van der Waals surface area contributed by atoms with E-state index < -0.39 is 0 Å². The van der Waals surface area contributed by atoms with Crippen LogP contribution in [0.3, 0.4) is 0 Å². The van der Waals surface area contributed by atoms with Crippen molar-refractivity contribution in [1.82, 2.24) is 0 Å². The largest absolute Gasteiger partial charge is 0.392 e. The summed E-state index contributed by atoms with van der Waals surface area (Å²) in [6, 6.07) is 2.13. The number of rotatable bonds is 2. The summed E-state index contributed by atoms with van der Waals surface area (Å²) in [5.74, 6) is 0.838. The fourth-order valence-electron chi connectivity index (χ4n) is 1.06. The molecule has 0 amide bonds. The van der Waals surface area contributed by atoms with E-state index in [1.807, 2.05) is 5.38 Å². The molecule has 1 N–H and O–H groups in total. The van der Waals surface area contributed by atoms with Crippen LogP contribution in [0.5, 0.6) is 0 Å². The van der Waals surface area contributed by atoms with Crippen molar-refractivity contribution in [3.63, 3.8) is 0 Å². The van der Waals surface area contributed by atoms with E-state index in [0.29, 0.717) is 0 Å². The molecule has 1 aromatic rings. The highest BCUT2D eigenvalue weighted by atomic mass is 32.1. The number of thiophene rings is 1. The van der Waals surface area contributed by atoms with Crippen molar-refractivity contribution in [2.45, 2.75) is 25.4 Å². The van der Waals surface area contributed by atoms with E-state index in [1.165, 1.54) is 17.7 Å². The van der Waals surface area contributed by atoms with Gasteiger partial charge in [-0.05, 0) is 35.8 Å². The zero-order valence-corrected chi connectivity index (χ0v) is 6.53. The van der Waals surface area contributed by atoms with Gasteiger partial charge in [-0.1, -0.05) is 0 Å². The highest BCUT2D eigenvalue weighted by Crippen LogP contribution is 2.42. The van der Waals surface area contributed by atoms with Crippen molar-refractivity contribution in [1.29, 1.82) is 0 Å². The van der Waals surface area contributed by atoms with Crippen molar-refractivity contribution >= 4 is 11.3 Å². The molecule has 1 fully saturated rings. The van der Waals surface area contributed by atoms with Crippen molar-refractivity contribution < 1.29 is 5.11 Å². The summed E-state index contributed by atoms with van der Waals surface area (Å²) in [6.45, 7) is 0.198. The highest BCUT2D eigenvalue weighted by molar-refractivity contribution is 7.10. The summed E-state index contributed by atoms with van der Waals surface area (Å²) >= 11 is 1.78. The second kappa shape index (κ2) is 2.36. The first-order valence-corrected chi connectivity index (χ1v) is 4.46. The summed E-state index contributed by atoms with van der Waals surface area (Å²) in [5, 5.41) is 10.8. The molecular weight excluding hydrogens is 144 g/mol. The molecule has 0 spiro atoms. The molecule has 1 saturated carbocycles. The molecule has 0 aliphatic heterocycles. The molecule has 2 heteroatoms. The van der Waals surface area contributed by atoms with Crippen LogP contribution in [0.25, 0.3) is 0 Å². The van der Waals surface area contributed by atoms with Gasteiger partial charge in [0.15, 0.2) is 0 Å². The van der Waals surface area contributed by atoms with Gasteiger partial charge in [-0.2, -0.15) is 0 Å². The molecule has 0 bridgehead atoms. The third-order valence-corrected chi connectivity index (χ3v) is 2.98. The minimum Gasteiger partial charge on any atom is -0.392 e. The smallest absolute Gasteiger partial charge is 0.0690 e. The molecule has 1 aliphatic carbocycles. The summed E-state index contributed by atoms with van der Waals surface area (Å²) < 4.78 is 0. The molecule has 2 rings (SSSR count). The standard InChI is InChI=1S/C8H10OS/c9-4-6-3-8(10-5-6)7-1-2-7/h3,5,7,9H,1-2,4H2. The first-order chi connectivity index (χ1) is 4.90. The lowest BCUT2D eigenvalue weighted by Crippen LogP contribution is -1.74. The van der Waals surface area contributed by atoms with E-state index in [0.717, 1.165) is 11.5 Å². The third-order valence-electron chi connectivity index (χ3n) is 1.84. The van der Waals surface area contributed by atoms with Gasteiger partial charge in [0.1, 0.15) is 0 Å². The van der Waals surface area contributed by atoms with Crippen molar-refractivity contribution in [3.05, 3.63) is 21.9 Å². The van der Waals surface area contributed by atoms with E-state index in [4.69, 9.17) is 5.11 Å². The van der Waals surface area contributed by atoms with Crippen LogP contribution in [0.2, 0.25) is 0 Å². The number of hydrogen-bond acceptors (Lipinski definition) is 2. The number of hydrogen-bond donors (Lipinski definition) is 1. The predicted molar refractivity (Wildman–Crippen MR) is 42.2 cm³/mol. The van der Waals surface area contributed by atoms with Gasteiger partial charge in [0, 0.05) is 4.88 Å². The molecule has 0 radical (unpaired) electrons. The van der Waals surface area contributed by atoms with Gasteiger partial charge in [0.05, 0.1) is 6.61 Å². The first kappa shape index (κ1) is 6.38. The first-order valence-electron chi connectivity index (χ1n) is 3.58. The van der Waals surface area contributed by atoms with Crippen molar-refractivity contribution in [3.8, 4) is 0 Å². The van der Waals surface area contributed by atoms with Crippen LogP contribution >= 0.6 is 11.3 Å². The maximum absolute atomic E-state index is 8.76. The van der Waals surface area contributed by atoms with Crippen LogP contribution in [-0.2, 0) is 6.61 Å². The van der Waals surface area contributed by atoms with Crippen LogP contribution in [0.4, 0.5) is 0 Å². The van der Waals surface area contributed by atoms with E-state index in [-0.39, 0.29) is 6.61 Å². The normalized spacial score (nSPS) is 17.7. The molecule has 54 valence electrons. The highest BCUT2D eigenvalue weighted by Gasteiger charge is 2.24. The average molecular weight is 154 g/mol. The quantitative estimate of drug-likeness (QED) is 0.691. The van der Waals surface area contributed by atoms with Gasteiger partial charge in [0.2, 0.25) is 0 Å². The number of aliphatic hydroxyl groups is 1. The fourth-order valence-corrected chi connectivity index (χ4v) is 2.14. The lowest BCUT2D eigenvalue weighted by molar-refractivity contribution is 0.282. The van der Waals surface area contributed by atoms with Gasteiger partial charge >= 0.3 is 0 Å². The maximum atomic E-state index is 8.76. The molecule has 0 unspecified atom stereocenters. The van der Waals surface area contributed by atoms with Crippen molar-refractivity contribution in [2.24, 2.45) is 0 Å². The van der Waals surface area contributed by atoms with Crippen LogP contribution in [0.1, 0.15) is 29.2 Å². The Morgan fingerprint density at radius 2 is 2.40 bits per heavy atom. The van der Waals surface area contributed by atoms with Crippen LogP contribution < -0.4 is 0 Å². The Morgan fingerprint density at radius 3 is 2.90 bits per heavy atom. The van der Waals surface area contributed by atoms with Crippen LogP contribution in [0.15, 0.2) is 11.4 Å². The van der Waals surface area contributed by atoms with Crippen molar-refractivity contribution in [2.75, 3.05) is 0 Å². The van der Waals surface area contributed by atoms with Gasteiger partial charge in [-0.25, -0.2) is 0 Å². The Kier molecular flexibility index (Phi) is 1.51. The van der Waals surface area contributed by atoms with Gasteiger partial charge in [0.25, 0.3) is 0 Å². The molecule has 1 aromatic heterocycles. The second-order valence-electron chi connectivity index (χ2n) is 2.79. The Labute approximate surface area is 64.3 Å². The molecule has 0 aromatic carbocycles. The van der Waals surface area contributed by atoms with Crippen LogP contribution in [-0.4, -0.2) is 5.11 Å². The van der Waals surface area contributed by atoms with Gasteiger partial charge in [-0.15, -0.1) is 11.3 Å². The molecule has 0 atom stereocenters. The molecule has 0 saturated heterocycles. The Balaban J connectivity index is 2.19. The lowest BCUT2D eigenvalue weighted by Gasteiger charge is -1.85. The second-order valence-corrected chi connectivity index (χ2v) is 3.73. The summed E-state index contributed by atoms with van der Waals surface area (Å²) in [6.07, 6.45) is 2.71. The third kappa shape index (κ3) is 1.09. The molecule has 1 heterocycles. The SMILES string of the molecule is OCc1csc(C2CC2)c1. The molecular formula is C8H10OS. The van der Waals surface area contributed by atoms with Gasteiger partial charge in [-0.3, -0.25) is 0 Å². The van der Waals surface area contributed by atoms with E-state index >= 15 is 0 Å². The fraction of sp³-hybridized carbons (Fsp3) is 0.500.